The van der Waals surface area contributed by atoms with Gasteiger partial charge in [0.25, 0.3) is 0 Å². The van der Waals surface area contributed by atoms with Crippen molar-refractivity contribution in [1.82, 2.24) is 0 Å². The smallest absolute Gasteiger partial charge is 0.0629 e. The number of hydrogen-bond acceptors (Lipinski definition) is 1. The molecular formula is C38H24S. The molecule has 0 fully saturated rings. The molecule has 182 valence electrons. The number of thiophene rings is 1. The van der Waals surface area contributed by atoms with Crippen LogP contribution < -0.4 is 0 Å². The molecular weight excluding hydrogens is 488 g/mol. The van der Waals surface area contributed by atoms with Crippen molar-refractivity contribution in [3.63, 3.8) is 0 Å². The van der Waals surface area contributed by atoms with E-state index in [1.165, 1.54) is 0 Å². The fraction of sp³-hybridized carbons (Fsp3) is 0. The topological polar surface area (TPSA) is 0 Å². The second-order valence-electron chi connectivity index (χ2n) is 9.58. The van der Waals surface area contributed by atoms with Crippen LogP contribution >= 0.6 is 11.3 Å². The van der Waals surface area contributed by atoms with Crippen molar-refractivity contribution in [1.29, 1.82) is 0 Å². The summed E-state index contributed by atoms with van der Waals surface area (Å²) in [5, 5.41) is 4.57. The maximum absolute atomic E-state index is 9.28. The van der Waals surface area contributed by atoms with Gasteiger partial charge in [0.15, 0.2) is 0 Å². The van der Waals surface area contributed by atoms with Crippen molar-refractivity contribution in [3.05, 3.63) is 145 Å². The molecule has 0 saturated heterocycles. The molecule has 0 spiro atoms. The summed E-state index contributed by atoms with van der Waals surface area (Å²) < 4.78 is 63.7. The Hall–Kier alpha value is -4.72. The van der Waals surface area contributed by atoms with E-state index in [0.717, 1.165) is 31.3 Å². The minimum atomic E-state index is -0.364. The first-order valence-electron chi connectivity index (χ1n) is 16.3. The highest BCUT2D eigenvalue weighted by atomic mass is 32.1. The van der Waals surface area contributed by atoms with Gasteiger partial charge in [-0.15, -0.1) is 11.3 Å². The minimum Gasteiger partial charge on any atom is -0.135 e. The van der Waals surface area contributed by atoms with Crippen LogP contribution in [-0.2, 0) is 0 Å². The van der Waals surface area contributed by atoms with E-state index >= 15 is 0 Å². The summed E-state index contributed by atoms with van der Waals surface area (Å²) in [5.74, 6) is 0. The number of rotatable bonds is 3. The fourth-order valence-corrected chi connectivity index (χ4v) is 6.73. The van der Waals surface area contributed by atoms with Crippen molar-refractivity contribution >= 4 is 53.7 Å². The lowest BCUT2D eigenvalue weighted by Gasteiger charge is -2.19. The average Bonchev–Trinajstić information content (AvgIpc) is 3.52. The molecule has 0 amide bonds. The summed E-state index contributed by atoms with van der Waals surface area (Å²) in [6.45, 7) is 0. The zero-order valence-electron chi connectivity index (χ0n) is 27.7. The van der Waals surface area contributed by atoms with Crippen molar-refractivity contribution in [2.24, 2.45) is 0 Å². The van der Waals surface area contributed by atoms with Crippen molar-refractivity contribution < 1.29 is 9.60 Å². The summed E-state index contributed by atoms with van der Waals surface area (Å²) in [4.78, 5) is 0.979. The Morgan fingerprint density at radius 3 is 1.92 bits per heavy atom. The molecule has 1 heterocycles. The zero-order chi connectivity index (χ0) is 31.9. The summed E-state index contributed by atoms with van der Waals surface area (Å²) in [7, 11) is 0. The van der Waals surface area contributed by atoms with Gasteiger partial charge in [-0.25, -0.2) is 0 Å². The van der Waals surface area contributed by atoms with Crippen LogP contribution in [0.15, 0.2) is 145 Å². The van der Waals surface area contributed by atoms with Gasteiger partial charge < -0.3 is 0 Å². The maximum Gasteiger partial charge on any atom is 0.0629 e. The molecule has 0 N–H and O–H groups in total. The summed E-state index contributed by atoms with van der Waals surface area (Å²) in [6.07, 6.45) is 0. The average molecular weight is 520 g/mol. The molecule has 0 aliphatic carbocycles. The van der Waals surface area contributed by atoms with Crippen molar-refractivity contribution in [3.8, 4) is 32.7 Å². The van der Waals surface area contributed by atoms with E-state index in [1.807, 2.05) is 78.9 Å². The lowest BCUT2D eigenvalue weighted by molar-refractivity contribution is 1.66. The molecule has 1 aromatic heterocycles. The molecule has 0 aliphatic heterocycles. The predicted octanol–water partition coefficient (Wildman–Crippen LogP) is 11.4. The minimum absolute atomic E-state index is 0.122. The third kappa shape index (κ3) is 3.59. The normalized spacial score (nSPS) is 14.1. The maximum atomic E-state index is 9.28. The lowest BCUT2D eigenvalue weighted by atomic mass is 9.84. The van der Waals surface area contributed by atoms with Crippen LogP contribution in [0, 0.1) is 0 Å². The van der Waals surface area contributed by atoms with Crippen LogP contribution in [0.4, 0.5) is 0 Å². The standard InChI is InChI=1S/C38H24S/c1-2-12-26-23-28(22-21-25(26)11-1)37-31-16-6-8-18-33(31)38(34-19-9-7-17-32(34)37)30-15-5-4-14-29(30)36-24-27-13-3-10-20-35(27)39-36/h1-24H/i6D,7D,8D,9D,16D,18D,19D. The van der Waals surface area contributed by atoms with Gasteiger partial charge in [0.1, 0.15) is 0 Å². The van der Waals surface area contributed by atoms with Gasteiger partial charge in [-0.3, -0.25) is 0 Å². The van der Waals surface area contributed by atoms with Gasteiger partial charge in [-0.1, -0.05) is 127 Å². The highest BCUT2D eigenvalue weighted by molar-refractivity contribution is 7.22. The molecule has 7 aromatic carbocycles. The molecule has 0 radical (unpaired) electrons. The van der Waals surface area contributed by atoms with Gasteiger partial charge in [-0.05, 0) is 83.7 Å². The molecule has 0 aliphatic rings. The zero-order valence-corrected chi connectivity index (χ0v) is 21.5. The van der Waals surface area contributed by atoms with Gasteiger partial charge in [0.05, 0.1) is 9.60 Å². The van der Waals surface area contributed by atoms with E-state index in [9.17, 15) is 4.11 Å². The van der Waals surface area contributed by atoms with E-state index in [-0.39, 0.29) is 42.3 Å². The Balaban J connectivity index is 1.62. The van der Waals surface area contributed by atoms with Gasteiger partial charge in [-0.2, -0.15) is 0 Å². The van der Waals surface area contributed by atoms with Crippen LogP contribution in [0.3, 0.4) is 0 Å². The number of benzene rings is 7. The Kier molecular flexibility index (Phi) is 3.73. The highest BCUT2D eigenvalue weighted by Gasteiger charge is 2.19. The first-order chi connectivity index (χ1) is 22.2. The monoisotopic (exact) mass is 519 g/mol. The quantitative estimate of drug-likeness (QED) is 0.204. The SMILES string of the molecule is [2H]c1cc2c(-c3ccc4ccccc4c3)c3c([2H])c([2H])c([2H])c([2H])c3c(-c3ccccc3-c3cc4ccccc4s3)c2c([2H])c1[2H]. The number of fused-ring (bicyclic) bond motifs is 4. The van der Waals surface area contributed by atoms with Gasteiger partial charge in [0, 0.05) is 9.58 Å². The highest BCUT2D eigenvalue weighted by Crippen LogP contribution is 2.47. The first kappa shape index (κ1) is 16.3. The van der Waals surface area contributed by atoms with Crippen LogP contribution in [0.25, 0.3) is 75.1 Å². The van der Waals surface area contributed by atoms with E-state index in [2.05, 4.69) is 18.2 Å². The molecule has 8 aromatic rings. The van der Waals surface area contributed by atoms with Crippen LogP contribution in [0.5, 0.6) is 0 Å². The van der Waals surface area contributed by atoms with Crippen molar-refractivity contribution in [2.75, 3.05) is 0 Å². The Labute approximate surface area is 241 Å². The molecule has 1 heteroatoms. The second kappa shape index (κ2) is 8.94. The largest absolute Gasteiger partial charge is 0.135 e. The molecule has 8 rings (SSSR count). The third-order valence-electron chi connectivity index (χ3n) is 7.38. The number of hydrogen-bond donors (Lipinski definition) is 0. The molecule has 0 saturated carbocycles. The molecule has 0 nitrogen and oxygen atoms in total. The summed E-state index contributed by atoms with van der Waals surface area (Å²) >= 11 is 1.63. The van der Waals surface area contributed by atoms with Crippen LogP contribution in [-0.4, -0.2) is 0 Å². The summed E-state index contributed by atoms with van der Waals surface area (Å²) in [6, 6.07) is 31.7. The lowest BCUT2D eigenvalue weighted by Crippen LogP contribution is -1.92. The molecule has 39 heavy (non-hydrogen) atoms. The third-order valence-corrected chi connectivity index (χ3v) is 8.53. The fourth-order valence-electron chi connectivity index (χ4n) is 5.63. The predicted molar refractivity (Wildman–Crippen MR) is 171 cm³/mol. The Morgan fingerprint density at radius 2 is 1.10 bits per heavy atom. The van der Waals surface area contributed by atoms with E-state index in [0.29, 0.717) is 43.8 Å². The van der Waals surface area contributed by atoms with Gasteiger partial charge in [0.2, 0.25) is 0 Å². The summed E-state index contributed by atoms with van der Waals surface area (Å²) in [5.41, 5.74) is 3.25. The molecule has 0 atom stereocenters. The van der Waals surface area contributed by atoms with Crippen LogP contribution in [0.1, 0.15) is 9.60 Å². The van der Waals surface area contributed by atoms with Crippen molar-refractivity contribution in [2.45, 2.75) is 0 Å². The molecule has 0 bridgehead atoms. The van der Waals surface area contributed by atoms with Crippen LogP contribution in [0.2, 0.25) is 0 Å². The van der Waals surface area contributed by atoms with E-state index in [1.54, 1.807) is 17.4 Å². The first-order valence-corrected chi connectivity index (χ1v) is 13.6. The van der Waals surface area contributed by atoms with E-state index < -0.39 is 0 Å². The second-order valence-corrected chi connectivity index (χ2v) is 10.7. The van der Waals surface area contributed by atoms with Gasteiger partial charge >= 0.3 is 0 Å². The Bertz CT molecular complexity index is 2530. The Morgan fingerprint density at radius 1 is 0.462 bits per heavy atom. The molecule has 0 unspecified atom stereocenters. The van der Waals surface area contributed by atoms with E-state index in [4.69, 9.17) is 5.48 Å².